The number of aromatic hydroxyl groups is 2. The van der Waals surface area contributed by atoms with Crippen LogP contribution < -0.4 is 0 Å². The van der Waals surface area contributed by atoms with Crippen molar-refractivity contribution in [3.63, 3.8) is 0 Å². The Labute approximate surface area is 73.9 Å². The van der Waals surface area contributed by atoms with Gasteiger partial charge >= 0.3 is 5.97 Å². The molecule has 0 heterocycles. The number of phenols is 2. The Morgan fingerprint density at radius 3 is 2.15 bits per heavy atom. The SMILES string of the molecule is C=O.O=C(O)c1ccc(O)cc1O. The fourth-order valence-electron chi connectivity index (χ4n) is 0.701. The molecule has 0 unspecified atom stereocenters. The Morgan fingerprint density at radius 2 is 1.77 bits per heavy atom. The first-order valence-corrected chi connectivity index (χ1v) is 3.15. The Morgan fingerprint density at radius 1 is 1.23 bits per heavy atom. The van der Waals surface area contributed by atoms with E-state index in [0.717, 1.165) is 12.1 Å². The average molecular weight is 184 g/mol. The maximum Gasteiger partial charge on any atom is 0.339 e. The van der Waals surface area contributed by atoms with Crippen LogP contribution in [-0.4, -0.2) is 28.1 Å². The highest BCUT2D eigenvalue weighted by Crippen LogP contribution is 2.21. The van der Waals surface area contributed by atoms with Crippen LogP contribution in [0.1, 0.15) is 10.4 Å². The number of rotatable bonds is 1. The van der Waals surface area contributed by atoms with Crippen molar-refractivity contribution in [1.29, 1.82) is 0 Å². The van der Waals surface area contributed by atoms with Crippen molar-refractivity contribution in [2.45, 2.75) is 0 Å². The summed E-state index contributed by atoms with van der Waals surface area (Å²) in [6.07, 6.45) is 0. The second-order valence-corrected chi connectivity index (χ2v) is 2.01. The van der Waals surface area contributed by atoms with Crippen LogP contribution >= 0.6 is 0 Å². The normalized spacial score (nSPS) is 8.31. The molecule has 0 atom stereocenters. The van der Waals surface area contributed by atoms with E-state index in [1.54, 1.807) is 0 Å². The molecule has 0 saturated carbocycles. The van der Waals surface area contributed by atoms with E-state index < -0.39 is 11.7 Å². The van der Waals surface area contributed by atoms with E-state index in [1.165, 1.54) is 6.07 Å². The Kier molecular flexibility index (Phi) is 4.01. The topological polar surface area (TPSA) is 94.8 Å². The minimum atomic E-state index is -1.22. The second-order valence-electron chi connectivity index (χ2n) is 2.01. The summed E-state index contributed by atoms with van der Waals surface area (Å²) in [5.41, 5.74) is -0.220. The van der Waals surface area contributed by atoms with Crippen LogP contribution in [0.3, 0.4) is 0 Å². The van der Waals surface area contributed by atoms with Gasteiger partial charge in [-0.3, -0.25) is 0 Å². The van der Waals surface area contributed by atoms with Crippen molar-refractivity contribution < 1.29 is 24.9 Å². The Hall–Kier alpha value is -2.04. The molecule has 0 fully saturated rings. The van der Waals surface area contributed by atoms with Crippen LogP contribution in [-0.2, 0) is 4.79 Å². The van der Waals surface area contributed by atoms with E-state index in [0.29, 0.717) is 0 Å². The van der Waals surface area contributed by atoms with E-state index in [1.807, 2.05) is 6.79 Å². The summed E-state index contributed by atoms with van der Waals surface area (Å²) in [6.45, 7) is 2.00. The smallest absolute Gasteiger partial charge is 0.339 e. The maximum absolute atomic E-state index is 10.3. The van der Waals surface area contributed by atoms with Gasteiger partial charge in [0.25, 0.3) is 0 Å². The molecule has 5 heteroatoms. The van der Waals surface area contributed by atoms with E-state index in [2.05, 4.69) is 0 Å². The molecule has 0 radical (unpaired) electrons. The summed E-state index contributed by atoms with van der Waals surface area (Å²) in [5.74, 6) is -1.81. The molecule has 0 amide bonds. The van der Waals surface area contributed by atoms with E-state index in [9.17, 15) is 4.79 Å². The van der Waals surface area contributed by atoms with Crippen LogP contribution in [0.15, 0.2) is 18.2 Å². The molecule has 0 aromatic heterocycles. The molecule has 70 valence electrons. The standard InChI is InChI=1S/C7H6O4.CH2O/c8-4-1-2-5(7(10)11)6(9)3-4;1-2/h1-3,8-9H,(H,10,11);1H2. The third-order valence-electron chi connectivity index (χ3n) is 1.21. The lowest BCUT2D eigenvalue weighted by Crippen LogP contribution is -1.95. The molecule has 5 nitrogen and oxygen atoms in total. The fraction of sp³-hybridized carbons (Fsp3) is 0. The van der Waals surface area contributed by atoms with Gasteiger partial charge in [0.05, 0.1) is 0 Å². The highest BCUT2D eigenvalue weighted by Gasteiger charge is 2.08. The zero-order valence-electron chi connectivity index (χ0n) is 6.60. The first-order chi connectivity index (χ1) is 6.11. The van der Waals surface area contributed by atoms with Crippen LogP contribution in [0.2, 0.25) is 0 Å². The molecule has 1 rings (SSSR count). The van der Waals surface area contributed by atoms with Crippen molar-refractivity contribution in [3.8, 4) is 11.5 Å². The van der Waals surface area contributed by atoms with Gasteiger partial charge < -0.3 is 20.1 Å². The maximum atomic E-state index is 10.3. The van der Waals surface area contributed by atoms with Gasteiger partial charge in [-0.15, -0.1) is 0 Å². The largest absolute Gasteiger partial charge is 0.508 e. The van der Waals surface area contributed by atoms with E-state index >= 15 is 0 Å². The molecule has 0 aliphatic heterocycles. The van der Waals surface area contributed by atoms with Gasteiger partial charge in [-0.05, 0) is 12.1 Å². The van der Waals surface area contributed by atoms with Crippen LogP contribution in [0.25, 0.3) is 0 Å². The van der Waals surface area contributed by atoms with Gasteiger partial charge in [-0.25, -0.2) is 4.79 Å². The number of hydrogen-bond donors (Lipinski definition) is 3. The molecular weight excluding hydrogens is 176 g/mol. The Balaban J connectivity index is 0.000000671. The van der Waals surface area contributed by atoms with Crippen molar-refractivity contribution in [1.82, 2.24) is 0 Å². The molecule has 3 N–H and O–H groups in total. The van der Waals surface area contributed by atoms with Gasteiger partial charge in [-0.1, -0.05) is 0 Å². The zero-order valence-corrected chi connectivity index (χ0v) is 6.60. The predicted octanol–water partition coefficient (Wildman–Crippen LogP) is 0.611. The summed E-state index contributed by atoms with van der Waals surface area (Å²) in [4.78, 5) is 18.3. The van der Waals surface area contributed by atoms with Gasteiger partial charge in [0, 0.05) is 6.07 Å². The summed E-state index contributed by atoms with van der Waals surface area (Å²) in [7, 11) is 0. The quantitative estimate of drug-likeness (QED) is 0.594. The summed E-state index contributed by atoms with van der Waals surface area (Å²) in [6, 6.07) is 3.31. The third-order valence-corrected chi connectivity index (χ3v) is 1.21. The lowest BCUT2D eigenvalue weighted by Gasteiger charge is -1.97. The van der Waals surface area contributed by atoms with Crippen LogP contribution in [0.5, 0.6) is 11.5 Å². The molecule has 0 saturated heterocycles. The predicted molar refractivity (Wildman–Crippen MR) is 43.9 cm³/mol. The summed E-state index contributed by atoms with van der Waals surface area (Å²) >= 11 is 0. The van der Waals surface area contributed by atoms with Crippen molar-refractivity contribution in [2.24, 2.45) is 0 Å². The first-order valence-electron chi connectivity index (χ1n) is 3.15. The minimum Gasteiger partial charge on any atom is -0.508 e. The number of carboxylic acid groups (broad SMARTS) is 1. The van der Waals surface area contributed by atoms with Crippen molar-refractivity contribution in [2.75, 3.05) is 0 Å². The molecule has 13 heavy (non-hydrogen) atoms. The number of phenolic OH excluding ortho intramolecular Hbond substituents is 1. The monoisotopic (exact) mass is 184 g/mol. The van der Waals surface area contributed by atoms with Crippen molar-refractivity contribution >= 4 is 12.8 Å². The van der Waals surface area contributed by atoms with E-state index in [-0.39, 0.29) is 11.3 Å². The van der Waals surface area contributed by atoms with Gasteiger partial charge in [-0.2, -0.15) is 0 Å². The third kappa shape index (κ3) is 2.82. The number of carboxylic acids is 1. The molecule has 0 bridgehead atoms. The minimum absolute atomic E-state index is 0.160. The number of carbonyl (C=O) groups excluding carboxylic acids is 1. The van der Waals surface area contributed by atoms with Crippen LogP contribution in [0, 0.1) is 0 Å². The molecule has 1 aromatic carbocycles. The molecule has 0 aliphatic rings. The second kappa shape index (κ2) is 4.76. The molecular formula is C8H8O5. The van der Waals surface area contributed by atoms with Crippen LogP contribution in [0.4, 0.5) is 0 Å². The number of hydrogen-bond acceptors (Lipinski definition) is 4. The molecule has 0 aliphatic carbocycles. The number of carbonyl (C=O) groups is 2. The highest BCUT2D eigenvalue weighted by atomic mass is 16.4. The molecule has 0 spiro atoms. The highest BCUT2D eigenvalue weighted by molar-refractivity contribution is 5.90. The first kappa shape index (κ1) is 11.0. The average Bonchev–Trinajstić information content (AvgIpc) is 2.07. The van der Waals surface area contributed by atoms with Gasteiger partial charge in [0.15, 0.2) is 0 Å². The number of aromatic carboxylic acids is 1. The summed E-state index contributed by atoms with van der Waals surface area (Å²) < 4.78 is 0. The summed E-state index contributed by atoms with van der Waals surface area (Å²) in [5, 5.41) is 26.1. The van der Waals surface area contributed by atoms with Gasteiger partial charge in [0.2, 0.25) is 0 Å². The number of benzene rings is 1. The molecule has 1 aromatic rings. The van der Waals surface area contributed by atoms with Gasteiger partial charge in [0.1, 0.15) is 23.9 Å². The van der Waals surface area contributed by atoms with E-state index in [4.69, 9.17) is 20.1 Å². The van der Waals surface area contributed by atoms with Crippen molar-refractivity contribution in [3.05, 3.63) is 23.8 Å². The Bertz CT molecular complexity index is 307. The zero-order chi connectivity index (χ0) is 10.4. The lowest BCUT2D eigenvalue weighted by molar-refractivity contribution is -0.0980. The fourth-order valence-corrected chi connectivity index (χ4v) is 0.701. The lowest BCUT2D eigenvalue weighted by atomic mass is 10.2.